The van der Waals surface area contributed by atoms with Gasteiger partial charge in [-0.05, 0) is 0 Å². The number of hydrogen-bond acceptors (Lipinski definition) is 5. The third-order valence-corrected chi connectivity index (χ3v) is 0.387. The van der Waals surface area contributed by atoms with Gasteiger partial charge in [0.25, 0.3) is 0 Å². The lowest BCUT2D eigenvalue weighted by Gasteiger charge is -2.09. The van der Waals surface area contributed by atoms with E-state index < -0.39 is 0 Å². The molecule has 0 aliphatic heterocycles. The van der Waals surface area contributed by atoms with E-state index in [2.05, 4.69) is 11.1 Å². The Morgan fingerprint density at radius 2 is 1.67 bits per heavy atom. The second-order valence-electron chi connectivity index (χ2n) is 0.817. The zero-order chi connectivity index (χ0) is 4.99. The van der Waals surface area contributed by atoms with Gasteiger partial charge in [0.05, 0.1) is 0 Å². The van der Waals surface area contributed by atoms with E-state index in [9.17, 15) is 0 Å². The van der Waals surface area contributed by atoms with Gasteiger partial charge in [-0.25, -0.2) is 0 Å². The van der Waals surface area contributed by atoms with Crippen LogP contribution in [0.5, 0.6) is 0 Å². The van der Waals surface area contributed by atoms with Crippen molar-refractivity contribution in [3.8, 4) is 0 Å². The fourth-order valence-electron chi connectivity index (χ4n) is 0.0373. The first kappa shape index (κ1) is 5.80. The summed E-state index contributed by atoms with van der Waals surface area (Å²) in [5, 5.41) is 1.31. The highest BCUT2D eigenvalue weighted by Crippen LogP contribution is 1.44. The normalized spacial score (nSPS) is 10.0. The molecule has 0 aromatic carbocycles. The van der Waals surface area contributed by atoms with Gasteiger partial charge in [0.1, 0.15) is 0 Å². The maximum absolute atomic E-state index is 4.82. The number of nitrogens with two attached hydrogens (primary N) is 2. The van der Waals surface area contributed by atoms with Crippen molar-refractivity contribution < 1.29 is 0 Å². The van der Waals surface area contributed by atoms with Crippen molar-refractivity contribution in [1.29, 1.82) is 0 Å². The van der Waals surface area contributed by atoms with Crippen LogP contribution in [-0.2, 0) is 0 Å². The van der Waals surface area contributed by atoms with Crippen molar-refractivity contribution >= 4 is 0 Å². The number of nitrogens with one attached hydrogen (secondary N) is 2. The molecular weight excluding hydrogens is 82.0 g/mol. The van der Waals surface area contributed by atoms with Crippen LogP contribution in [0.2, 0.25) is 0 Å². The van der Waals surface area contributed by atoms with E-state index in [0.717, 1.165) is 0 Å². The summed E-state index contributed by atoms with van der Waals surface area (Å²) in [5.74, 6) is 9.63. The molecule has 0 saturated carbocycles. The molecule has 5 nitrogen and oxygen atoms in total. The Morgan fingerprint density at radius 1 is 1.33 bits per heavy atom. The van der Waals surface area contributed by atoms with Gasteiger partial charge in [0, 0.05) is 7.05 Å². The van der Waals surface area contributed by atoms with Gasteiger partial charge in [0.15, 0.2) is 0 Å². The standard InChI is InChI=1S/CH9N5/c1-6(4-2)5-3/h4-5H,2-3H2,1H3. The zero-order valence-corrected chi connectivity index (χ0v) is 3.60. The molecular formula is CH9N5. The van der Waals surface area contributed by atoms with E-state index >= 15 is 0 Å². The molecule has 0 atom stereocenters. The van der Waals surface area contributed by atoms with Crippen molar-refractivity contribution in [2.24, 2.45) is 11.7 Å². The van der Waals surface area contributed by atoms with Crippen LogP contribution in [0.1, 0.15) is 0 Å². The Morgan fingerprint density at radius 3 is 1.67 bits per heavy atom. The van der Waals surface area contributed by atoms with Gasteiger partial charge >= 0.3 is 0 Å². The van der Waals surface area contributed by atoms with E-state index in [1.807, 2.05) is 0 Å². The van der Waals surface area contributed by atoms with E-state index in [-0.39, 0.29) is 0 Å². The van der Waals surface area contributed by atoms with Gasteiger partial charge < -0.3 is 0 Å². The van der Waals surface area contributed by atoms with Gasteiger partial charge in [-0.1, -0.05) is 0 Å². The molecule has 0 fully saturated rings. The van der Waals surface area contributed by atoms with E-state index in [1.54, 1.807) is 7.05 Å². The molecule has 5 heteroatoms. The maximum atomic E-state index is 4.82. The highest BCUT2D eigenvalue weighted by molar-refractivity contribution is 4.08. The minimum atomic E-state index is 1.31. The van der Waals surface area contributed by atoms with Gasteiger partial charge in [-0.2, -0.15) is 16.2 Å². The minimum absolute atomic E-state index is 1.31. The molecule has 0 amide bonds. The minimum Gasteiger partial charge on any atom is -0.256 e. The molecule has 6 heavy (non-hydrogen) atoms. The summed E-state index contributed by atoms with van der Waals surface area (Å²) in [7, 11) is 1.64. The van der Waals surface area contributed by atoms with Gasteiger partial charge in [-0.3, -0.25) is 11.7 Å². The summed E-state index contributed by atoms with van der Waals surface area (Å²) >= 11 is 0. The Labute approximate surface area is 36.2 Å². The molecule has 0 radical (unpaired) electrons. The van der Waals surface area contributed by atoms with Gasteiger partial charge in [0.2, 0.25) is 0 Å². The van der Waals surface area contributed by atoms with Crippen LogP contribution in [0.15, 0.2) is 0 Å². The van der Waals surface area contributed by atoms with E-state index in [1.165, 1.54) is 5.12 Å². The molecule has 0 aliphatic carbocycles. The predicted molar refractivity (Wildman–Crippen MR) is 22.4 cm³/mol. The Balaban J connectivity index is 2.75. The van der Waals surface area contributed by atoms with Crippen molar-refractivity contribution in [2.45, 2.75) is 0 Å². The van der Waals surface area contributed by atoms with Crippen LogP contribution >= 0.6 is 0 Å². The summed E-state index contributed by atoms with van der Waals surface area (Å²) in [6.45, 7) is 0. The van der Waals surface area contributed by atoms with Crippen molar-refractivity contribution in [1.82, 2.24) is 16.2 Å². The average Bonchev–Trinajstić information content (AvgIpc) is 1.65. The summed E-state index contributed by atoms with van der Waals surface area (Å²) < 4.78 is 0. The highest BCUT2D eigenvalue weighted by Gasteiger charge is 1.78. The molecule has 0 saturated heterocycles. The van der Waals surface area contributed by atoms with Crippen LogP contribution in [0.4, 0.5) is 0 Å². The first-order valence-electron chi connectivity index (χ1n) is 1.47. The van der Waals surface area contributed by atoms with E-state index in [0.29, 0.717) is 0 Å². The maximum Gasteiger partial charge on any atom is 0.0201 e. The molecule has 0 bridgehead atoms. The third-order valence-electron chi connectivity index (χ3n) is 0.387. The average molecular weight is 91.1 g/mol. The van der Waals surface area contributed by atoms with E-state index in [4.69, 9.17) is 11.7 Å². The topological polar surface area (TPSA) is 79.3 Å². The molecule has 0 heterocycles. The van der Waals surface area contributed by atoms with Crippen LogP contribution < -0.4 is 22.8 Å². The Kier molecular flexibility index (Phi) is 2.91. The Bertz CT molecular complexity index is 23.1. The highest BCUT2D eigenvalue weighted by atomic mass is 15.8. The molecule has 0 spiro atoms. The lowest BCUT2D eigenvalue weighted by atomic mass is 11.4. The van der Waals surface area contributed by atoms with Crippen molar-refractivity contribution in [2.75, 3.05) is 7.05 Å². The quantitative estimate of drug-likeness (QED) is 0.226. The fourth-order valence-corrected chi connectivity index (χ4v) is 0.0373. The molecule has 0 aromatic rings. The molecule has 6 N–H and O–H groups in total. The van der Waals surface area contributed by atoms with Gasteiger partial charge in [-0.15, -0.1) is 0 Å². The summed E-state index contributed by atoms with van der Waals surface area (Å²) in [6, 6.07) is 0. The number of rotatable bonds is 2. The van der Waals surface area contributed by atoms with Crippen LogP contribution in [0.25, 0.3) is 0 Å². The number of hydrogen-bond donors (Lipinski definition) is 4. The molecule has 0 aromatic heterocycles. The first-order chi connectivity index (χ1) is 2.81. The predicted octanol–water partition coefficient (Wildman–Crippen LogP) is -2.33. The lowest BCUT2D eigenvalue weighted by Crippen LogP contribution is -2.51. The molecule has 0 aliphatic rings. The zero-order valence-electron chi connectivity index (χ0n) is 3.60. The summed E-state index contributed by atoms with van der Waals surface area (Å²) in [6.07, 6.45) is 0. The fraction of sp³-hybridized carbons (Fsp3) is 1.00. The number of nitrogens with zero attached hydrogens (tertiary/aromatic N) is 1. The first-order valence-corrected chi connectivity index (χ1v) is 1.47. The third kappa shape index (κ3) is 2.06. The monoisotopic (exact) mass is 91.1 g/mol. The SMILES string of the molecule is CN(NN)NN. The second kappa shape index (κ2) is 3.01. The summed E-state index contributed by atoms with van der Waals surface area (Å²) in [5.41, 5.74) is 4.42. The largest absolute Gasteiger partial charge is 0.256 e. The molecule has 38 valence electrons. The Hall–Kier alpha value is -0.200. The molecule has 0 unspecified atom stereocenters. The smallest absolute Gasteiger partial charge is 0.0201 e. The van der Waals surface area contributed by atoms with Crippen molar-refractivity contribution in [3.05, 3.63) is 0 Å². The van der Waals surface area contributed by atoms with Crippen LogP contribution in [-0.4, -0.2) is 12.2 Å². The number of hydrazine groups is 4. The molecule has 0 rings (SSSR count). The van der Waals surface area contributed by atoms with Crippen LogP contribution in [0.3, 0.4) is 0 Å². The second-order valence-corrected chi connectivity index (χ2v) is 0.817. The van der Waals surface area contributed by atoms with Crippen LogP contribution in [0, 0.1) is 0 Å². The lowest BCUT2D eigenvalue weighted by molar-refractivity contribution is 0.157. The van der Waals surface area contributed by atoms with Crippen molar-refractivity contribution in [3.63, 3.8) is 0 Å². The summed E-state index contributed by atoms with van der Waals surface area (Å²) in [4.78, 5) is 0.